The van der Waals surface area contributed by atoms with E-state index in [-0.39, 0.29) is 0 Å². The van der Waals surface area contributed by atoms with Crippen molar-refractivity contribution >= 4 is 0 Å². The van der Waals surface area contributed by atoms with Crippen molar-refractivity contribution in [2.45, 2.75) is 32.4 Å². The van der Waals surface area contributed by atoms with Crippen LogP contribution in [0.2, 0.25) is 0 Å². The van der Waals surface area contributed by atoms with Gasteiger partial charge in [-0.3, -0.25) is 0 Å². The van der Waals surface area contributed by atoms with Crippen LogP contribution in [0.15, 0.2) is 18.3 Å². The second-order valence-corrected chi connectivity index (χ2v) is 4.30. The third-order valence-electron chi connectivity index (χ3n) is 3.24. The van der Waals surface area contributed by atoms with Gasteiger partial charge in [0.1, 0.15) is 0 Å². The molecule has 0 unspecified atom stereocenters. The molecule has 0 saturated carbocycles. The third-order valence-corrected chi connectivity index (χ3v) is 3.24. The van der Waals surface area contributed by atoms with Crippen LogP contribution in [0.3, 0.4) is 0 Å². The third kappa shape index (κ3) is 2.83. The Hall–Kier alpha value is -0.800. The summed E-state index contributed by atoms with van der Waals surface area (Å²) in [5.41, 5.74) is 6.91. The van der Waals surface area contributed by atoms with Crippen molar-refractivity contribution < 1.29 is 0 Å². The Bertz CT molecular complexity index is 287. The summed E-state index contributed by atoms with van der Waals surface area (Å²) in [4.78, 5) is 2.56. The predicted molar refractivity (Wildman–Crippen MR) is 62.6 cm³/mol. The van der Waals surface area contributed by atoms with Crippen LogP contribution >= 0.6 is 0 Å². The van der Waals surface area contributed by atoms with E-state index >= 15 is 0 Å². The van der Waals surface area contributed by atoms with Crippen molar-refractivity contribution in [3.05, 3.63) is 24.0 Å². The lowest BCUT2D eigenvalue weighted by atomic mass is 10.1. The minimum absolute atomic E-state index is 0.646. The molecule has 2 N–H and O–H groups in total. The fourth-order valence-corrected chi connectivity index (χ4v) is 2.29. The molecule has 1 fully saturated rings. The van der Waals surface area contributed by atoms with Crippen LogP contribution < -0.4 is 5.73 Å². The van der Waals surface area contributed by atoms with Crippen LogP contribution in [0.1, 0.15) is 25.0 Å². The molecule has 1 aliphatic rings. The van der Waals surface area contributed by atoms with E-state index in [1.807, 2.05) is 0 Å². The van der Waals surface area contributed by atoms with E-state index in [0.29, 0.717) is 6.54 Å². The fourth-order valence-electron chi connectivity index (χ4n) is 2.29. The molecule has 3 heteroatoms. The van der Waals surface area contributed by atoms with Gasteiger partial charge in [-0.05, 0) is 38.1 Å². The van der Waals surface area contributed by atoms with Crippen LogP contribution in [-0.4, -0.2) is 29.1 Å². The number of hydrogen-bond acceptors (Lipinski definition) is 2. The average Bonchev–Trinajstić information content (AvgIpc) is 2.75. The summed E-state index contributed by atoms with van der Waals surface area (Å²) >= 11 is 0. The lowest BCUT2D eigenvalue weighted by Gasteiger charge is -2.26. The minimum atomic E-state index is 0.646. The Balaban J connectivity index is 1.81. The van der Waals surface area contributed by atoms with Gasteiger partial charge in [0.2, 0.25) is 0 Å². The molecule has 0 atom stereocenters. The Kier molecular flexibility index (Phi) is 3.80. The number of rotatable bonds is 4. The predicted octanol–water partition coefficient (Wildman–Crippen LogP) is 1.43. The van der Waals surface area contributed by atoms with Crippen molar-refractivity contribution in [1.29, 1.82) is 0 Å². The normalized spacial score (nSPS) is 18.2. The number of nitrogens with two attached hydrogens (primary N) is 1. The zero-order valence-electron chi connectivity index (χ0n) is 9.36. The molecule has 0 aromatic carbocycles. The van der Waals surface area contributed by atoms with E-state index < -0.39 is 0 Å². The molecule has 0 amide bonds. The molecule has 1 aromatic heterocycles. The van der Waals surface area contributed by atoms with Gasteiger partial charge in [0, 0.05) is 31.5 Å². The molecule has 15 heavy (non-hydrogen) atoms. The van der Waals surface area contributed by atoms with E-state index in [1.54, 1.807) is 0 Å². The van der Waals surface area contributed by atoms with E-state index in [9.17, 15) is 0 Å². The van der Waals surface area contributed by atoms with Crippen LogP contribution in [0.25, 0.3) is 0 Å². The molecule has 0 bridgehead atoms. The smallest absolute Gasteiger partial charge is 0.0350 e. The average molecular weight is 207 g/mol. The van der Waals surface area contributed by atoms with E-state index in [2.05, 4.69) is 27.8 Å². The first-order valence-electron chi connectivity index (χ1n) is 5.96. The maximum Gasteiger partial charge on any atom is 0.0350 e. The summed E-state index contributed by atoms with van der Waals surface area (Å²) in [5.74, 6) is 0. The largest absolute Gasteiger partial charge is 0.349 e. The topological polar surface area (TPSA) is 34.2 Å². The van der Waals surface area contributed by atoms with Gasteiger partial charge in [0.05, 0.1) is 0 Å². The highest BCUT2D eigenvalue weighted by atomic mass is 15.1. The van der Waals surface area contributed by atoms with Crippen molar-refractivity contribution in [3.63, 3.8) is 0 Å². The quantitative estimate of drug-likeness (QED) is 0.810. The molecule has 1 aromatic rings. The summed E-state index contributed by atoms with van der Waals surface area (Å²) in [5, 5.41) is 0. The number of piperidine rings is 1. The first kappa shape index (κ1) is 10.7. The van der Waals surface area contributed by atoms with Crippen LogP contribution in [0.5, 0.6) is 0 Å². The van der Waals surface area contributed by atoms with Gasteiger partial charge in [-0.25, -0.2) is 0 Å². The summed E-state index contributed by atoms with van der Waals surface area (Å²) in [7, 11) is 0. The fraction of sp³-hybridized carbons (Fsp3) is 0.667. The van der Waals surface area contributed by atoms with Crippen molar-refractivity contribution in [2.24, 2.45) is 5.73 Å². The second kappa shape index (κ2) is 5.33. The van der Waals surface area contributed by atoms with E-state index in [0.717, 1.165) is 6.54 Å². The Morgan fingerprint density at radius 2 is 1.93 bits per heavy atom. The summed E-state index contributed by atoms with van der Waals surface area (Å²) in [6.07, 6.45) is 6.28. The molecule has 0 radical (unpaired) electrons. The highest BCUT2D eigenvalue weighted by Crippen LogP contribution is 2.09. The zero-order chi connectivity index (χ0) is 10.5. The van der Waals surface area contributed by atoms with Crippen LogP contribution in [-0.2, 0) is 13.1 Å². The molecule has 84 valence electrons. The standard InChI is InChI=1S/C12H21N3/c13-11-12-5-4-8-15(12)10-9-14-6-2-1-3-7-14/h4-5,8H,1-3,6-7,9-11,13H2. The summed E-state index contributed by atoms with van der Waals surface area (Å²) in [6.45, 7) is 5.45. The lowest BCUT2D eigenvalue weighted by molar-refractivity contribution is 0.220. The van der Waals surface area contributed by atoms with Gasteiger partial charge in [0.15, 0.2) is 0 Å². The molecule has 3 nitrogen and oxygen atoms in total. The van der Waals surface area contributed by atoms with Gasteiger partial charge in [-0.2, -0.15) is 0 Å². The molecular formula is C12H21N3. The second-order valence-electron chi connectivity index (χ2n) is 4.30. The Labute approximate surface area is 91.9 Å². The number of hydrogen-bond donors (Lipinski definition) is 1. The summed E-state index contributed by atoms with van der Waals surface area (Å²) < 4.78 is 2.27. The van der Waals surface area contributed by atoms with Gasteiger partial charge in [-0.1, -0.05) is 6.42 Å². The molecule has 0 spiro atoms. The van der Waals surface area contributed by atoms with Gasteiger partial charge < -0.3 is 15.2 Å². The van der Waals surface area contributed by atoms with Gasteiger partial charge in [-0.15, -0.1) is 0 Å². The Morgan fingerprint density at radius 1 is 1.13 bits per heavy atom. The number of nitrogens with zero attached hydrogens (tertiary/aromatic N) is 2. The minimum Gasteiger partial charge on any atom is -0.349 e. The van der Waals surface area contributed by atoms with Gasteiger partial charge in [0.25, 0.3) is 0 Å². The Morgan fingerprint density at radius 3 is 2.67 bits per heavy atom. The van der Waals surface area contributed by atoms with E-state index in [1.165, 1.54) is 44.6 Å². The maximum atomic E-state index is 5.67. The molecule has 1 aliphatic heterocycles. The molecule has 2 rings (SSSR count). The van der Waals surface area contributed by atoms with Crippen molar-refractivity contribution in [1.82, 2.24) is 9.47 Å². The van der Waals surface area contributed by atoms with Crippen LogP contribution in [0.4, 0.5) is 0 Å². The first-order valence-corrected chi connectivity index (χ1v) is 5.96. The SMILES string of the molecule is NCc1cccn1CCN1CCCCC1. The van der Waals surface area contributed by atoms with Crippen LogP contribution in [0, 0.1) is 0 Å². The lowest BCUT2D eigenvalue weighted by Crippen LogP contribution is -2.32. The number of likely N-dealkylation sites (tertiary alicyclic amines) is 1. The highest BCUT2D eigenvalue weighted by molar-refractivity contribution is 5.06. The molecule has 1 saturated heterocycles. The number of aromatic nitrogens is 1. The highest BCUT2D eigenvalue weighted by Gasteiger charge is 2.09. The van der Waals surface area contributed by atoms with E-state index in [4.69, 9.17) is 5.73 Å². The first-order chi connectivity index (χ1) is 7.40. The van der Waals surface area contributed by atoms with Crippen molar-refractivity contribution in [2.75, 3.05) is 19.6 Å². The molecular weight excluding hydrogens is 186 g/mol. The van der Waals surface area contributed by atoms with Crippen molar-refractivity contribution in [3.8, 4) is 0 Å². The monoisotopic (exact) mass is 207 g/mol. The maximum absolute atomic E-state index is 5.67. The zero-order valence-corrected chi connectivity index (χ0v) is 9.36. The summed E-state index contributed by atoms with van der Waals surface area (Å²) in [6, 6.07) is 4.19. The molecule has 0 aliphatic carbocycles. The molecule has 2 heterocycles. The van der Waals surface area contributed by atoms with Gasteiger partial charge >= 0.3 is 0 Å².